The lowest BCUT2D eigenvalue weighted by atomic mass is 9.94. The Kier molecular flexibility index (Phi) is 5.21. The summed E-state index contributed by atoms with van der Waals surface area (Å²) in [6.07, 6.45) is 10.4. The summed E-state index contributed by atoms with van der Waals surface area (Å²) in [7, 11) is 0. The number of aromatic nitrogens is 2. The maximum atomic E-state index is 5.98. The molecule has 0 spiro atoms. The lowest BCUT2D eigenvalue weighted by Crippen LogP contribution is -2.36. The summed E-state index contributed by atoms with van der Waals surface area (Å²) in [5, 5.41) is 1.76. The normalized spacial score (nSPS) is 15.5. The summed E-state index contributed by atoms with van der Waals surface area (Å²) in [5.41, 5.74) is 2.83. The van der Waals surface area contributed by atoms with Crippen LogP contribution in [0.5, 0.6) is 10.9 Å². The highest BCUT2D eigenvalue weighted by molar-refractivity contribution is 7.20. The first kappa shape index (κ1) is 18.6. The van der Waals surface area contributed by atoms with Gasteiger partial charge in [-0.1, -0.05) is 37.5 Å². The molecule has 5 nitrogen and oxygen atoms in total. The first-order valence-electron chi connectivity index (χ1n) is 10.4. The highest BCUT2D eigenvalue weighted by Gasteiger charge is 2.21. The third kappa shape index (κ3) is 3.87. The van der Waals surface area contributed by atoms with Crippen molar-refractivity contribution >= 4 is 32.7 Å². The van der Waals surface area contributed by atoms with Crippen LogP contribution in [0.25, 0.3) is 21.3 Å². The van der Waals surface area contributed by atoms with Crippen LogP contribution in [-0.2, 0) is 6.54 Å². The number of furan rings is 1. The summed E-state index contributed by atoms with van der Waals surface area (Å²) in [6, 6.07) is 10.7. The first-order valence-corrected chi connectivity index (χ1v) is 11.3. The Morgan fingerprint density at radius 1 is 1.21 bits per heavy atom. The van der Waals surface area contributed by atoms with Gasteiger partial charge < -0.3 is 9.15 Å². The summed E-state index contributed by atoms with van der Waals surface area (Å²) in [5.74, 6) is 0.733. The smallest absolute Gasteiger partial charge is 0.281 e. The number of pyridine rings is 1. The molecule has 0 amide bonds. The fourth-order valence-electron chi connectivity index (χ4n) is 4.31. The van der Waals surface area contributed by atoms with E-state index in [1.165, 1.54) is 49.0 Å². The number of ether oxygens (including phenoxy) is 1. The second-order valence-corrected chi connectivity index (χ2v) is 8.67. The van der Waals surface area contributed by atoms with E-state index in [0.29, 0.717) is 11.2 Å². The molecular formula is C23H25N3O2S. The van der Waals surface area contributed by atoms with Crippen LogP contribution in [0.15, 0.2) is 47.2 Å². The van der Waals surface area contributed by atoms with Gasteiger partial charge in [0, 0.05) is 35.8 Å². The zero-order valence-electron chi connectivity index (χ0n) is 16.6. The monoisotopic (exact) mass is 407 g/mol. The molecule has 0 unspecified atom stereocenters. The maximum Gasteiger partial charge on any atom is 0.281 e. The van der Waals surface area contributed by atoms with Crippen LogP contribution in [0, 0.1) is 0 Å². The average molecular weight is 408 g/mol. The zero-order valence-corrected chi connectivity index (χ0v) is 17.5. The molecule has 4 aromatic rings. The van der Waals surface area contributed by atoms with Gasteiger partial charge in [0.15, 0.2) is 5.65 Å². The standard InChI is InChI=1S/C23H25N3O2S/c1-2-26(17-7-4-3-5-8-17)14-16-15-27-20-13-18(10-11-19(16)20)28-23-25-22-21(29-23)9-6-12-24-22/h6,9-13,15,17H,2-5,7-8,14H2,1H3. The summed E-state index contributed by atoms with van der Waals surface area (Å²) in [4.78, 5) is 11.3. The molecule has 0 N–H and O–H groups in total. The van der Waals surface area contributed by atoms with Gasteiger partial charge >= 0.3 is 0 Å². The molecule has 6 heteroatoms. The third-order valence-corrected chi connectivity index (χ3v) is 6.74. The zero-order chi connectivity index (χ0) is 19.6. The van der Waals surface area contributed by atoms with Gasteiger partial charge in [0.25, 0.3) is 5.19 Å². The fourth-order valence-corrected chi connectivity index (χ4v) is 5.10. The largest absolute Gasteiger partial charge is 0.464 e. The van der Waals surface area contributed by atoms with Crippen molar-refractivity contribution in [2.45, 2.75) is 51.6 Å². The second-order valence-electron chi connectivity index (χ2n) is 7.68. The number of thiazole rings is 1. The summed E-state index contributed by atoms with van der Waals surface area (Å²) in [6.45, 7) is 4.28. The number of hydrogen-bond acceptors (Lipinski definition) is 6. The van der Waals surface area contributed by atoms with E-state index in [-0.39, 0.29) is 0 Å². The molecule has 3 heterocycles. The van der Waals surface area contributed by atoms with Gasteiger partial charge in [0.2, 0.25) is 0 Å². The molecule has 0 saturated heterocycles. The molecule has 1 saturated carbocycles. The van der Waals surface area contributed by atoms with Crippen molar-refractivity contribution in [3.05, 3.63) is 48.4 Å². The topological polar surface area (TPSA) is 51.4 Å². The molecule has 29 heavy (non-hydrogen) atoms. The number of fused-ring (bicyclic) bond motifs is 2. The Labute approximate surface area is 174 Å². The van der Waals surface area contributed by atoms with E-state index in [1.807, 2.05) is 30.5 Å². The predicted octanol–water partition coefficient (Wildman–Crippen LogP) is 6.38. The Morgan fingerprint density at radius 3 is 2.93 bits per heavy atom. The van der Waals surface area contributed by atoms with Gasteiger partial charge in [-0.3, -0.25) is 4.90 Å². The average Bonchev–Trinajstić information content (AvgIpc) is 3.35. The van der Waals surface area contributed by atoms with Crippen LogP contribution < -0.4 is 4.74 Å². The van der Waals surface area contributed by atoms with E-state index in [0.717, 1.165) is 40.2 Å². The highest BCUT2D eigenvalue weighted by Crippen LogP contribution is 2.33. The van der Waals surface area contributed by atoms with Crippen molar-refractivity contribution in [3.8, 4) is 10.9 Å². The van der Waals surface area contributed by atoms with Crippen molar-refractivity contribution < 1.29 is 9.15 Å². The fraction of sp³-hybridized carbons (Fsp3) is 0.391. The van der Waals surface area contributed by atoms with E-state index < -0.39 is 0 Å². The van der Waals surface area contributed by atoms with Crippen molar-refractivity contribution in [1.29, 1.82) is 0 Å². The lowest BCUT2D eigenvalue weighted by molar-refractivity contribution is 0.156. The minimum Gasteiger partial charge on any atom is -0.464 e. The minimum atomic E-state index is 0.597. The van der Waals surface area contributed by atoms with E-state index in [2.05, 4.69) is 27.9 Å². The van der Waals surface area contributed by atoms with Gasteiger partial charge in [-0.05, 0) is 43.7 Å². The molecule has 1 aliphatic carbocycles. The molecule has 150 valence electrons. The number of hydrogen-bond donors (Lipinski definition) is 0. The van der Waals surface area contributed by atoms with Crippen LogP contribution in [0.1, 0.15) is 44.6 Å². The van der Waals surface area contributed by atoms with Crippen molar-refractivity contribution in [2.24, 2.45) is 0 Å². The van der Waals surface area contributed by atoms with E-state index in [1.54, 1.807) is 6.20 Å². The SMILES string of the molecule is CCN(Cc1coc2cc(Oc3nc4ncccc4s3)ccc12)C1CCCCC1. The van der Waals surface area contributed by atoms with Gasteiger partial charge in [-0.15, -0.1) is 0 Å². The van der Waals surface area contributed by atoms with Crippen molar-refractivity contribution in [3.63, 3.8) is 0 Å². The van der Waals surface area contributed by atoms with Crippen LogP contribution in [-0.4, -0.2) is 27.5 Å². The molecule has 1 aliphatic rings. The van der Waals surface area contributed by atoms with E-state index in [9.17, 15) is 0 Å². The second kappa shape index (κ2) is 8.13. The lowest BCUT2D eigenvalue weighted by Gasteiger charge is -2.33. The summed E-state index contributed by atoms with van der Waals surface area (Å²) >= 11 is 1.50. The Hall–Kier alpha value is -2.44. The number of rotatable bonds is 6. The molecule has 5 rings (SSSR count). The molecule has 3 aromatic heterocycles. The quantitative estimate of drug-likeness (QED) is 0.371. The molecule has 0 atom stereocenters. The molecule has 1 aromatic carbocycles. The Morgan fingerprint density at radius 2 is 2.10 bits per heavy atom. The molecule has 0 aliphatic heterocycles. The van der Waals surface area contributed by atoms with E-state index >= 15 is 0 Å². The van der Waals surface area contributed by atoms with Gasteiger partial charge in [0.05, 0.1) is 11.0 Å². The van der Waals surface area contributed by atoms with Gasteiger partial charge in [0.1, 0.15) is 11.3 Å². The highest BCUT2D eigenvalue weighted by atomic mass is 32.1. The van der Waals surface area contributed by atoms with Crippen LogP contribution in [0.3, 0.4) is 0 Å². The van der Waals surface area contributed by atoms with Gasteiger partial charge in [-0.25, -0.2) is 4.98 Å². The molecular weight excluding hydrogens is 382 g/mol. The van der Waals surface area contributed by atoms with Crippen molar-refractivity contribution in [2.75, 3.05) is 6.54 Å². The number of nitrogens with zero attached hydrogens (tertiary/aromatic N) is 3. The Balaban J connectivity index is 1.35. The van der Waals surface area contributed by atoms with Gasteiger partial charge in [-0.2, -0.15) is 4.98 Å². The Bertz CT molecular complexity index is 1080. The first-order chi connectivity index (χ1) is 14.3. The minimum absolute atomic E-state index is 0.597. The van der Waals surface area contributed by atoms with Crippen LogP contribution >= 0.6 is 11.3 Å². The third-order valence-electron chi connectivity index (χ3n) is 5.85. The van der Waals surface area contributed by atoms with Crippen LogP contribution in [0.4, 0.5) is 0 Å². The maximum absolute atomic E-state index is 5.98. The molecule has 0 bridgehead atoms. The van der Waals surface area contributed by atoms with E-state index in [4.69, 9.17) is 9.15 Å². The molecule has 0 radical (unpaired) electrons. The number of benzene rings is 1. The molecule has 1 fully saturated rings. The van der Waals surface area contributed by atoms with Crippen molar-refractivity contribution in [1.82, 2.24) is 14.9 Å². The predicted molar refractivity (Wildman–Crippen MR) is 117 cm³/mol. The van der Waals surface area contributed by atoms with Crippen LogP contribution in [0.2, 0.25) is 0 Å². The summed E-state index contributed by atoms with van der Waals surface area (Å²) < 4.78 is 12.9.